The van der Waals surface area contributed by atoms with Crippen molar-refractivity contribution in [1.82, 2.24) is 8.87 Å². The first kappa shape index (κ1) is 18.7. The van der Waals surface area contributed by atoms with Crippen LogP contribution in [0.1, 0.15) is 16.1 Å². The highest BCUT2D eigenvalue weighted by Crippen LogP contribution is 2.18. The van der Waals surface area contributed by atoms with Gasteiger partial charge in [-0.15, -0.1) is 0 Å². The first-order valence-electron chi connectivity index (χ1n) is 7.32. The first-order chi connectivity index (χ1) is 11.6. The number of anilines is 1. The van der Waals surface area contributed by atoms with Crippen LogP contribution in [0.5, 0.6) is 0 Å². The number of aryl methyl sites for hydroxylation is 1. The Morgan fingerprint density at radius 2 is 1.80 bits per heavy atom. The van der Waals surface area contributed by atoms with E-state index < -0.39 is 21.9 Å². The van der Waals surface area contributed by atoms with Crippen LogP contribution < -0.4 is 5.32 Å². The van der Waals surface area contributed by atoms with Crippen molar-refractivity contribution in [1.29, 1.82) is 0 Å². The van der Waals surface area contributed by atoms with Crippen molar-refractivity contribution in [3.63, 3.8) is 0 Å². The third-order valence-corrected chi connectivity index (χ3v) is 5.34. The molecule has 1 aromatic carbocycles. The molecule has 8 nitrogen and oxygen atoms in total. The van der Waals surface area contributed by atoms with E-state index in [1.165, 1.54) is 30.9 Å². The number of sulfonamides is 1. The number of benzene rings is 1. The lowest BCUT2D eigenvalue weighted by Gasteiger charge is -2.08. The standard InChI is InChI=1S/C16H19N3O5S/c1-18(2)25(23,24)13-9-14(19(3)10-13)16(22)17-12-6-4-11(5-7-12)8-15(20)21/h4-7,9-10H,8H2,1-3H3,(H,17,22)(H,20,21). The van der Waals surface area contributed by atoms with E-state index in [1.54, 1.807) is 31.3 Å². The number of aliphatic carboxylic acids is 1. The maximum atomic E-state index is 12.4. The van der Waals surface area contributed by atoms with Gasteiger partial charge in [0.2, 0.25) is 10.0 Å². The number of amides is 1. The van der Waals surface area contributed by atoms with E-state index in [0.717, 1.165) is 4.31 Å². The molecule has 0 spiro atoms. The van der Waals surface area contributed by atoms with Gasteiger partial charge in [0.1, 0.15) is 10.6 Å². The van der Waals surface area contributed by atoms with Crippen LogP contribution in [0.3, 0.4) is 0 Å². The molecule has 9 heteroatoms. The van der Waals surface area contributed by atoms with Crippen molar-refractivity contribution in [3.8, 4) is 0 Å². The minimum atomic E-state index is -3.63. The maximum Gasteiger partial charge on any atom is 0.307 e. The summed E-state index contributed by atoms with van der Waals surface area (Å²) in [6.07, 6.45) is 1.28. The molecule has 0 fully saturated rings. The van der Waals surface area contributed by atoms with Crippen molar-refractivity contribution in [2.45, 2.75) is 11.3 Å². The van der Waals surface area contributed by atoms with Crippen LogP contribution in [0.25, 0.3) is 0 Å². The largest absolute Gasteiger partial charge is 0.481 e. The molecule has 0 atom stereocenters. The molecule has 1 heterocycles. The summed E-state index contributed by atoms with van der Waals surface area (Å²) in [6.45, 7) is 0. The SMILES string of the molecule is CN(C)S(=O)(=O)c1cc(C(=O)Nc2ccc(CC(=O)O)cc2)n(C)c1. The Bertz CT molecular complexity index is 898. The van der Waals surface area contributed by atoms with Crippen LogP contribution in [0, 0.1) is 0 Å². The smallest absolute Gasteiger partial charge is 0.307 e. The van der Waals surface area contributed by atoms with Crippen LogP contribution in [-0.4, -0.2) is 48.4 Å². The molecule has 0 bridgehead atoms. The second-order valence-electron chi connectivity index (χ2n) is 5.68. The lowest BCUT2D eigenvalue weighted by molar-refractivity contribution is -0.136. The van der Waals surface area contributed by atoms with Crippen LogP contribution in [-0.2, 0) is 28.3 Å². The molecule has 1 amide bonds. The quantitative estimate of drug-likeness (QED) is 0.798. The molecule has 2 aromatic rings. The maximum absolute atomic E-state index is 12.4. The van der Waals surface area contributed by atoms with Gasteiger partial charge in [-0.1, -0.05) is 12.1 Å². The van der Waals surface area contributed by atoms with E-state index in [2.05, 4.69) is 5.32 Å². The highest BCUT2D eigenvalue weighted by atomic mass is 32.2. The summed E-state index contributed by atoms with van der Waals surface area (Å²) < 4.78 is 26.8. The van der Waals surface area contributed by atoms with E-state index in [4.69, 9.17) is 5.11 Å². The lowest BCUT2D eigenvalue weighted by atomic mass is 10.1. The molecular weight excluding hydrogens is 346 g/mol. The lowest BCUT2D eigenvalue weighted by Crippen LogP contribution is -2.21. The molecule has 0 aliphatic rings. The third kappa shape index (κ3) is 4.25. The molecule has 0 aliphatic heterocycles. The predicted octanol–water partition coefficient (Wildman–Crippen LogP) is 1.15. The molecule has 0 saturated heterocycles. The van der Waals surface area contributed by atoms with Crippen LogP contribution in [0.2, 0.25) is 0 Å². The summed E-state index contributed by atoms with van der Waals surface area (Å²) in [5.41, 5.74) is 1.29. The number of hydrogen-bond donors (Lipinski definition) is 2. The first-order valence-corrected chi connectivity index (χ1v) is 8.76. The van der Waals surface area contributed by atoms with Gasteiger partial charge in [0.25, 0.3) is 5.91 Å². The average Bonchev–Trinajstić information content (AvgIpc) is 2.91. The number of nitrogens with one attached hydrogen (secondary N) is 1. The molecule has 2 rings (SSSR count). The number of carboxylic acid groups (broad SMARTS) is 1. The molecular formula is C16H19N3O5S. The number of carboxylic acids is 1. The second kappa shape index (κ2) is 7.08. The zero-order valence-corrected chi connectivity index (χ0v) is 14.9. The van der Waals surface area contributed by atoms with Crippen molar-refractivity contribution < 1.29 is 23.1 Å². The fraction of sp³-hybridized carbons (Fsp3) is 0.250. The topological polar surface area (TPSA) is 109 Å². The summed E-state index contributed by atoms with van der Waals surface area (Å²) in [5.74, 6) is -1.40. The Balaban J connectivity index is 2.19. The molecule has 0 radical (unpaired) electrons. The second-order valence-corrected chi connectivity index (χ2v) is 7.83. The fourth-order valence-corrected chi connectivity index (χ4v) is 3.16. The Hall–Kier alpha value is -2.65. The zero-order chi connectivity index (χ0) is 18.8. The van der Waals surface area contributed by atoms with Gasteiger partial charge in [-0.25, -0.2) is 12.7 Å². The highest BCUT2D eigenvalue weighted by Gasteiger charge is 2.22. The van der Waals surface area contributed by atoms with Crippen LogP contribution in [0.15, 0.2) is 41.4 Å². The number of hydrogen-bond acceptors (Lipinski definition) is 4. The molecule has 134 valence electrons. The van der Waals surface area contributed by atoms with Gasteiger partial charge in [-0.2, -0.15) is 0 Å². The Morgan fingerprint density at radius 3 is 2.32 bits per heavy atom. The van der Waals surface area contributed by atoms with Gasteiger partial charge >= 0.3 is 5.97 Å². The fourth-order valence-electron chi connectivity index (χ4n) is 2.19. The monoisotopic (exact) mass is 365 g/mol. The number of nitrogens with zero attached hydrogens (tertiary/aromatic N) is 2. The molecule has 25 heavy (non-hydrogen) atoms. The van der Waals surface area contributed by atoms with Gasteiger partial charge in [-0.05, 0) is 23.8 Å². The summed E-state index contributed by atoms with van der Waals surface area (Å²) in [4.78, 5) is 23.1. The van der Waals surface area contributed by atoms with Gasteiger partial charge < -0.3 is 15.0 Å². The molecule has 0 aliphatic carbocycles. The minimum Gasteiger partial charge on any atom is -0.481 e. The van der Waals surface area contributed by atoms with E-state index in [9.17, 15) is 18.0 Å². The van der Waals surface area contributed by atoms with E-state index >= 15 is 0 Å². The van der Waals surface area contributed by atoms with E-state index in [-0.39, 0.29) is 17.0 Å². The summed E-state index contributed by atoms with van der Waals surface area (Å²) in [5, 5.41) is 11.4. The molecule has 2 N–H and O–H groups in total. The Kier molecular flexibility index (Phi) is 5.29. The third-order valence-electron chi connectivity index (χ3n) is 3.56. The highest BCUT2D eigenvalue weighted by molar-refractivity contribution is 7.89. The Labute approximate surface area is 145 Å². The van der Waals surface area contributed by atoms with Crippen molar-refractivity contribution in [3.05, 3.63) is 47.8 Å². The van der Waals surface area contributed by atoms with Gasteiger partial charge in [0.15, 0.2) is 0 Å². The summed E-state index contributed by atoms with van der Waals surface area (Å²) in [6, 6.07) is 7.71. The van der Waals surface area contributed by atoms with Crippen molar-refractivity contribution >= 4 is 27.6 Å². The van der Waals surface area contributed by atoms with Crippen LogP contribution in [0.4, 0.5) is 5.69 Å². The zero-order valence-electron chi connectivity index (χ0n) is 14.1. The normalized spacial score (nSPS) is 11.5. The van der Waals surface area contributed by atoms with Crippen LogP contribution >= 0.6 is 0 Å². The summed E-state index contributed by atoms with van der Waals surface area (Å²) >= 11 is 0. The Morgan fingerprint density at radius 1 is 1.20 bits per heavy atom. The minimum absolute atomic E-state index is 0.0296. The molecule has 0 unspecified atom stereocenters. The number of carbonyl (C=O) groups excluding carboxylic acids is 1. The molecule has 1 aromatic heterocycles. The van der Waals surface area contributed by atoms with Crippen molar-refractivity contribution in [2.24, 2.45) is 7.05 Å². The van der Waals surface area contributed by atoms with Gasteiger partial charge in [0.05, 0.1) is 6.42 Å². The summed E-state index contributed by atoms with van der Waals surface area (Å²) in [7, 11) is 0.793. The average molecular weight is 365 g/mol. The number of aromatic nitrogens is 1. The van der Waals surface area contributed by atoms with Gasteiger partial charge in [-0.3, -0.25) is 9.59 Å². The van der Waals surface area contributed by atoms with E-state index in [1.807, 2.05) is 0 Å². The van der Waals surface area contributed by atoms with Crippen molar-refractivity contribution in [2.75, 3.05) is 19.4 Å². The molecule has 0 saturated carbocycles. The van der Waals surface area contributed by atoms with Gasteiger partial charge in [0, 0.05) is 33.0 Å². The van der Waals surface area contributed by atoms with E-state index in [0.29, 0.717) is 11.3 Å². The number of rotatable bonds is 6. The predicted molar refractivity (Wildman–Crippen MR) is 92.0 cm³/mol. The number of carbonyl (C=O) groups is 2.